The van der Waals surface area contributed by atoms with Gasteiger partial charge in [0.1, 0.15) is 5.78 Å². The summed E-state index contributed by atoms with van der Waals surface area (Å²) in [4.78, 5) is 36.4. The van der Waals surface area contributed by atoms with Gasteiger partial charge in [0.25, 0.3) is 0 Å². The first-order valence-electron chi connectivity index (χ1n) is 14.7. The van der Waals surface area contributed by atoms with Crippen LogP contribution < -0.4 is 5.76 Å². The van der Waals surface area contributed by atoms with Gasteiger partial charge in [-0.25, -0.2) is 19.4 Å². The van der Waals surface area contributed by atoms with Gasteiger partial charge in [-0.15, -0.1) is 0 Å². The van der Waals surface area contributed by atoms with Gasteiger partial charge in [-0.05, 0) is 74.2 Å². The number of halogens is 1. The minimum Gasteiger partial charge on any atom is -0.406 e. The lowest BCUT2D eigenvalue weighted by Crippen LogP contribution is -2.29. The van der Waals surface area contributed by atoms with Crippen LogP contribution in [0, 0.1) is 18.8 Å². The van der Waals surface area contributed by atoms with Gasteiger partial charge in [-0.3, -0.25) is 14.3 Å². The molecule has 0 saturated carbocycles. The highest BCUT2D eigenvalue weighted by atomic mass is 19.1. The zero-order chi connectivity index (χ0) is 31.0. The van der Waals surface area contributed by atoms with E-state index in [1.54, 1.807) is 26.4 Å². The Morgan fingerprint density at radius 2 is 1.93 bits per heavy atom. The molecule has 5 aromatic rings. The van der Waals surface area contributed by atoms with Crippen molar-refractivity contribution in [1.29, 1.82) is 0 Å². The Balaban J connectivity index is 1.33. The summed E-state index contributed by atoms with van der Waals surface area (Å²) in [6.07, 6.45) is 5.28. The van der Waals surface area contributed by atoms with Gasteiger partial charge in [-0.2, -0.15) is 9.49 Å². The van der Waals surface area contributed by atoms with Crippen molar-refractivity contribution in [1.82, 2.24) is 29.2 Å². The second-order valence-electron chi connectivity index (χ2n) is 11.5. The van der Waals surface area contributed by atoms with E-state index in [0.717, 1.165) is 35.3 Å². The molecular weight excluding hydrogens is 563 g/mol. The summed E-state index contributed by atoms with van der Waals surface area (Å²) in [7, 11) is 5.33. The molecule has 11 heteroatoms. The number of ether oxygens (including phenoxy) is 1. The number of nitrogens with zero attached hydrogens (tertiary/aromatic N) is 6. The maximum absolute atomic E-state index is 14.2. The Hall–Kier alpha value is -4.48. The van der Waals surface area contributed by atoms with E-state index in [4.69, 9.17) is 14.3 Å². The summed E-state index contributed by atoms with van der Waals surface area (Å²) in [5.41, 5.74) is 5.43. The fraction of sp³-hybridized carbons (Fsp3) is 0.364. The van der Waals surface area contributed by atoms with Gasteiger partial charge in [0.2, 0.25) is 5.95 Å². The number of carbonyl (C=O) groups is 1. The van der Waals surface area contributed by atoms with Crippen LogP contribution >= 0.6 is 0 Å². The maximum atomic E-state index is 14.2. The molecule has 0 radical (unpaired) electrons. The van der Waals surface area contributed by atoms with Crippen LogP contribution in [-0.4, -0.2) is 61.8 Å². The first-order chi connectivity index (χ1) is 21.2. The van der Waals surface area contributed by atoms with Crippen LogP contribution in [-0.2, 0) is 23.0 Å². The smallest absolute Gasteiger partial charge is 0.406 e. The zero-order valence-corrected chi connectivity index (χ0v) is 25.2. The van der Waals surface area contributed by atoms with Crippen molar-refractivity contribution in [3.05, 3.63) is 94.2 Å². The summed E-state index contributed by atoms with van der Waals surface area (Å²) in [5.74, 6) is -0.947. The summed E-state index contributed by atoms with van der Waals surface area (Å²) in [6.45, 7) is 2.56. The molecule has 44 heavy (non-hydrogen) atoms. The Bertz CT molecular complexity index is 1860. The number of hydrogen-bond acceptors (Lipinski definition) is 8. The van der Waals surface area contributed by atoms with Crippen LogP contribution in [0.3, 0.4) is 0 Å². The lowest BCUT2D eigenvalue weighted by atomic mass is 9.88. The maximum Gasteiger partial charge on any atom is 0.420 e. The van der Waals surface area contributed by atoms with E-state index in [1.807, 2.05) is 55.1 Å². The van der Waals surface area contributed by atoms with E-state index in [0.29, 0.717) is 35.5 Å². The summed E-state index contributed by atoms with van der Waals surface area (Å²) >= 11 is 0. The summed E-state index contributed by atoms with van der Waals surface area (Å²) in [6, 6.07) is 14.8. The van der Waals surface area contributed by atoms with Crippen molar-refractivity contribution in [2.45, 2.75) is 44.7 Å². The van der Waals surface area contributed by atoms with Gasteiger partial charge >= 0.3 is 5.76 Å². The number of methoxy groups -OCH3 is 1. The number of fused-ring (bicyclic) bond motifs is 1. The van der Waals surface area contributed by atoms with Gasteiger partial charge in [-0.1, -0.05) is 18.2 Å². The van der Waals surface area contributed by atoms with Crippen molar-refractivity contribution in [3.63, 3.8) is 0 Å². The highest BCUT2D eigenvalue weighted by Gasteiger charge is 2.40. The molecule has 0 spiro atoms. The number of rotatable bonds is 10. The Kier molecular flexibility index (Phi) is 8.24. The van der Waals surface area contributed by atoms with Crippen LogP contribution in [0.5, 0.6) is 0 Å². The quantitative estimate of drug-likeness (QED) is 0.211. The number of pyridine rings is 2. The van der Waals surface area contributed by atoms with Gasteiger partial charge < -0.3 is 9.15 Å². The molecule has 1 saturated heterocycles. The zero-order valence-electron chi connectivity index (χ0n) is 25.2. The van der Waals surface area contributed by atoms with Crippen LogP contribution in [0.25, 0.3) is 28.2 Å². The number of Topliss-reactive ketones (excluding diaryl/α,β-unsaturated/α-hetero) is 1. The van der Waals surface area contributed by atoms with Crippen LogP contribution in [0.4, 0.5) is 4.39 Å². The molecule has 0 aliphatic carbocycles. The van der Waals surface area contributed by atoms with Gasteiger partial charge in [0.05, 0.1) is 17.1 Å². The van der Waals surface area contributed by atoms with Crippen LogP contribution in [0.2, 0.25) is 0 Å². The average molecular weight is 599 g/mol. The molecule has 0 unspecified atom stereocenters. The molecule has 1 aliphatic heterocycles. The molecular formula is C33H35FN6O4. The molecule has 10 nitrogen and oxygen atoms in total. The number of aromatic nitrogens is 5. The number of carbonyl (C=O) groups excluding carboxylic acids is 1. The van der Waals surface area contributed by atoms with Crippen molar-refractivity contribution in [3.8, 4) is 16.9 Å². The molecule has 1 aliphatic rings. The lowest BCUT2D eigenvalue weighted by molar-refractivity contribution is -0.119. The fourth-order valence-corrected chi connectivity index (χ4v) is 6.57. The molecule has 3 atom stereocenters. The van der Waals surface area contributed by atoms with E-state index in [9.17, 15) is 14.0 Å². The molecule has 5 heterocycles. The number of likely N-dealkylation sites (tertiary alicyclic amines) is 1. The molecule has 228 valence electrons. The first kappa shape index (κ1) is 29.6. The van der Waals surface area contributed by atoms with Crippen molar-refractivity contribution in [2.75, 3.05) is 20.8 Å². The number of para-hydroxylation sites is 1. The summed E-state index contributed by atoms with van der Waals surface area (Å²) in [5, 5.41) is 4.93. The van der Waals surface area contributed by atoms with Gasteiger partial charge in [0, 0.05) is 63.6 Å². The highest BCUT2D eigenvalue weighted by Crippen LogP contribution is 2.43. The third-order valence-electron chi connectivity index (χ3n) is 8.78. The Morgan fingerprint density at radius 1 is 1.14 bits per heavy atom. The van der Waals surface area contributed by atoms with E-state index >= 15 is 0 Å². The third kappa shape index (κ3) is 5.60. The van der Waals surface area contributed by atoms with E-state index in [1.165, 1.54) is 16.8 Å². The average Bonchev–Trinajstić information content (AvgIpc) is 3.61. The molecule has 0 N–H and O–H groups in total. The fourth-order valence-electron chi connectivity index (χ4n) is 6.57. The van der Waals surface area contributed by atoms with Crippen molar-refractivity contribution >= 4 is 17.0 Å². The van der Waals surface area contributed by atoms with Gasteiger partial charge in [0.15, 0.2) is 11.2 Å². The highest BCUT2D eigenvalue weighted by molar-refractivity contribution is 5.83. The van der Waals surface area contributed by atoms with E-state index in [-0.39, 0.29) is 30.2 Å². The van der Waals surface area contributed by atoms with Crippen LogP contribution in [0.1, 0.15) is 42.1 Å². The minimum atomic E-state index is -0.529. The summed E-state index contributed by atoms with van der Waals surface area (Å²) < 4.78 is 28.1. The number of oxazole rings is 1. The third-order valence-corrected chi connectivity index (χ3v) is 8.78. The monoisotopic (exact) mass is 598 g/mol. The second-order valence-corrected chi connectivity index (χ2v) is 11.5. The number of aryl methyl sites for hydroxylation is 1. The first-order valence-corrected chi connectivity index (χ1v) is 14.7. The normalized spacial score (nSPS) is 18.8. The predicted molar refractivity (Wildman–Crippen MR) is 163 cm³/mol. The SMILES string of the molecule is COCC[C@@H]1C[C@@H](CC(=O)Cc2c(C)c(-c3cnc4c(c3)oc(=O)n4C)nn2-c2ccccc2)[C@H](c2ccnc(F)c2)N1C. The predicted octanol–water partition coefficient (Wildman–Crippen LogP) is 4.82. The second kappa shape index (κ2) is 12.3. The largest absolute Gasteiger partial charge is 0.420 e. The van der Waals surface area contributed by atoms with E-state index < -0.39 is 11.7 Å². The topological polar surface area (TPSA) is 108 Å². The lowest BCUT2D eigenvalue weighted by Gasteiger charge is -2.28. The van der Waals surface area contributed by atoms with Crippen molar-refractivity contribution in [2.24, 2.45) is 13.0 Å². The number of benzene rings is 1. The Labute approximate surface area is 254 Å². The molecule has 0 amide bonds. The molecule has 0 bridgehead atoms. The van der Waals surface area contributed by atoms with Crippen LogP contribution in [0.15, 0.2) is 70.1 Å². The molecule has 1 aromatic carbocycles. The molecule has 4 aromatic heterocycles. The molecule has 1 fully saturated rings. The Morgan fingerprint density at radius 3 is 2.68 bits per heavy atom. The minimum absolute atomic E-state index is 0.00313. The number of hydrogen-bond donors (Lipinski definition) is 0. The van der Waals surface area contributed by atoms with Crippen molar-refractivity contribution < 1.29 is 18.3 Å². The number of ketones is 1. The van der Waals surface area contributed by atoms with E-state index in [2.05, 4.69) is 14.9 Å². The molecule has 6 rings (SSSR count). The standard InChI is InChI=1S/C33H35FN6O4/c1-20-27(18-26(41)15-22-14-25(11-13-43-4)38(2)31(22)21-10-12-35-29(34)17-21)40(24-8-6-5-7-9-24)37-30(20)23-16-28-32(36-19-23)39(3)33(42)44-28/h5-10,12,16-17,19,22,25,31H,11,13-15,18H2,1-4H3/t22-,25+,31-/m0/s1.